The lowest BCUT2D eigenvalue weighted by atomic mass is 10.1. The Morgan fingerprint density at radius 3 is 2.48 bits per heavy atom. The molecule has 0 saturated heterocycles. The molecule has 0 unspecified atom stereocenters. The highest BCUT2D eigenvalue weighted by Gasteiger charge is 1.96. The molecule has 0 saturated carbocycles. The van der Waals surface area contributed by atoms with Gasteiger partial charge < -0.3 is 0 Å². The molecule has 1 nitrogen and oxygen atoms in total. The summed E-state index contributed by atoms with van der Waals surface area (Å²) in [4.78, 5) is 5.86. The summed E-state index contributed by atoms with van der Waals surface area (Å²) in [6.45, 7) is 0.836. The van der Waals surface area contributed by atoms with Crippen LogP contribution in [-0.4, -0.2) is 18.5 Å². The molecule has 0 fully saturated rings. The third-order valence-electron chi connectivity index (χ3n) is 3.29. The molecule has 21 heavy (non-hydrogen) atoms. The maximum atomic E-state index is 4.56. The van der Waals surface area contributed by atoms with Crippen molar-refractivity contribution in [3.05, 3.63) is 78.4 Å². The molecule has 3 rings (SSSR count). The Hall–Kier alpha value is -2.06. The number of benzene rings is 3. The lowest BCUT2D eigenvalue weighted by molar-refractivity contribution is 1.15. The van der Waals surface area contributed by atoms with Crippen LogP contribution in [0, 0.1) is 0 Å². The van der Waals surface area contributed by atoms with E-state index < -0.39 is 0 Å². The van der Waals surface area contributed by atoms with Crippen molar-refractivity contribution >= 4 is 28.7 Å². The minimum Gasteiger partial charge on any atom is -0.292 e. The van der Waals surface area contributed by atoms with Gasteiger partial charge in [0.1, 0.15) is 0 Å². The highest BCUT2D eigenvalue weighted by molar-refractivity contribution is 7.99. The predicted octanol–water partition coefficient (Wildman–Crippen LogP) is 5.05. The van der Waals surface area contributed by atoms with Crippen molar-refractivity contribution in [1.29, 1.82) is 0 Å². The number of nitrogens with zero attached hydrogens (tertiary/aromatic N) is 1. The molecular weight excluding hydrogens is 274 g/mol. The van der Waals surface area contributed by atoms with Gasteiger partial charge in [-0.1, -0.05) is 60.7 Å². The highest BCUT2D eigenvalue weighted by atomic mass is 32.2. The molecule has 0 heterocycles. The predicted molar refractivity (Wildman–Crippen MR) is 93.6 cm³/mol. The average molecular weight is 291 g/mol. The number of rotatable bonds is 5. The zero-order valence-electron chi connectivity index (χ0n) is 11.8. The number of aliphatic imine (C=N–C) groups is 1. The molecule has 0 atom stereocenters. The van der Waals surface area contributed by atoms with Gasteiger partial charge in [0.05, 0.1) is 0 Å². The van der Waals surface area contributed by atoms with Crippen LogP contribution in [0.4, 0.5) is 0 Å². The van der Waals surface area contributed by atoms with Crippen LogP contribution in [0.15, 0.2) is 82.7 Å². The van der Waals surface area contributed by atoms with Crippen LogP contribution in [0.2, 0.25) is 0 Å². The Labute approximate surface area is 129 Å². The minimum absolute atomic E-state index is 0.836. The van der Waals surface area contributed by atoms with E-state index in [1.165, 1.54) is 21.2 Å². The van der Waals surface area contributed by atoms with Crippen LogP contribution < -0.4 is 0 Å². The molecule has 0 spiro atoms. The van der Waals surface area contributed by atoms with Gasteiger partial charge in [-0.2, -0.15) is 0 Å². The summed E-state index contributed by atoms with van der Waals surface area (Å²) in [6, 6.07) is 25.2. The molecule has 0 aromatic heterocycles. The second-order valence-corrected chi connectivity index (χ2v) is 5.93. The molecule has 3 aromatic carbocycles. The summed E-state index contributed by atoms with van der Waals surface area (Å²) in [5.74, 6) is 1.01. The molecule has 0 aliphatic carbocycles. The standard InChI is InChI=1S/C19H17NS/c1-2-10-18(11-3-1)21-14-13-20-15-17-9-6-8-16-7-4-5-12-19(16)17/h1-12,15H,13-14H2. The molecule has 0 bridgehead atoms. The van der Waals surface area contributed by atoms with Crippen LogP contribution in [0.1, 0.15) is 5.56 Å². The third kappa shape index (κ3) is 3.73. The third-order valence-corrected chi connectivity index (χ3v) is 4.28. The average Bonchev–Trinajstić information content (AvgIpc) is 2.56. The van der Waals surface area contributed by atoms with Crippen molar-refractivity contribution in [2.75, 3.05) is 12.3 Å². The van der Waals surface area contributed by atoms with Gasteiger partial charge in [0.2, 0.25) is 0 Å². The fraction of sp³-hybridized carbons (Fsp3) is 0.105. The van der Waals surface area contributed by atoms with Gasteiger partial charge in [-0.05, 0) is 22.9 Å². The van der Waals surface area contributed by atoms with Crippen LogP contribution in [0.5, 0.6) is 0 Å². The van der Waals surface area contributed by atoms with E-state index in [-0.39, 0.29) is 0 Å². The summed E-state index contributed by atoms with van der Waals surface area (Å²) >= 11 is 1.85. The Balaban J connectivity index is 1.61. The Morgan fingerprint density at radius 1 is 0.810 bits per heavy atom. The van der Waals surface area contributed by atoms with E-state index >= 15 is 0 Å². The SMILES string of the molecule is C(=NCCSc1ccccc1)c1cccc2ccccc12. The van der Waals surface area contributed by atoms with Crippen LogP contribution in [-0.2, 0) is 0 Å². The summed E-state index contributed by atoms with van der Waals surface area (Å²) < 4.78 is 0. The summed E-state index contributed by atoms with van der Waals surface area (Å²) in [7, 11) is 0. The largest absolute Gasteiger partial charge is 0.292 e. The van der Waals surface area contributed by atoms with Gasteiger partial charge in [0.15, 0.2) is 0 Å². The maximum absolute atomic E-state index is 4.56. The molecule has 0 aliphatic rings. The summed E-state index contributed by atoms with van der Waals surface area (Å²) in [6.07, 6.45) is 1.99. The Morgan fingerprint density at radius 2 is 1.57 bits per heavy atom. The molecule has 3 aromatic rings. The quantitative estimate of drug-likeness (QED) is 0.364. The van der Waals surface area contributed by atoms with E-state index in [4.69, 9.17) is 0 Å². The maximum Gasteiger partial charge on any atom is 0.0483 e. The number of hydrogen-bond donors (Lipinski definition) is 0. The van der Waals surface area contributed by atoms with E-state index in [9.17, 15) is 0 Å². The monoisotopic (exact) mass is 291 g/mol. The van der Waals surface area contributed by atoms with Crippen molar-refractivity contribution in [1.82, 2.24) is 0 Å². The first-order valence-corrected chi connectivity index (χ1v) is 8.07. The lowest BCUT2D eigenvalue weighted by Crippen LogP contribution is -1.89. The first-order chi connectivity index (χ1) is 10.4. The van der Waals surface area contributed by atoms with E-state index in [2.05, 4.69) is 71.7 Å². The lowest BCUT2D eigenvalue weighted by Gasteiger charge is -2.01. The highest BCUT2D eigenvalue weighted by Crippen LogP contribution is 2.18. The van der Waals surface area contributed by atoms with Gasteiger partial charge in [-0.3, -0.25) is 4.99 Å². The molecule has 0 N–H and O–H groups in total. The van der Waals surface area contributed by atoms with Gasteiger partial charge in [0.25, 0.3) is 0 Å². The van der Waals surface area contributed by atoms with Crippen LogP contribution >= 0.6 is 11.8 Å². The first-order valence-electron chi connectivity index (χ1n) is 7.09. The van der Waals surface area contributed by atoms with E-state index in [1.54, 1.807) is 0 Å². The molecule has 0 aliphatic heterocycles. The van der Waals surface area contributed by atoms with Crippen molar-refractivity contribution in [3.63, 3.8) is 0 Å². The fourth-order valence-corrected chi connectivity index (χ4v) is 3.04. The van der Waals surface area contributed by atoms with Gasteiger partial charge in [0, 0.05) is 29.0 Å². The molecule has 0 amide bonds. The van der Waals surface area contributed by atoms with E-state index in [0.717, 1.165) is 12.3 Å². The van der Waals surface area contributed by atoms with Gasteiger partial charge in [-0.15, -0.1) is 11.8 Å². The van der Waals surface area contributed by atoms with Crippen molar-refractivity contribution in [2.45, 2.75) is 4.90 Å². The van der Waals surface area contributed by atoms with Crippen molar-refractivity contribution in [3.8, 4) is 0 Å². The Kier molecular flexibility index (Phi) is 4.70. The number of thioether (sulfide) groups is 1. The molecular formula is C19H17NS. The summed E-state index contributed by atoms with van der Waals surface area (Å²) in [5.41, 5.74) is 1.19. The number of fused-ring (bicyclic) bond motifs is 1. The molecule has 104 valence electrons. The topological polar surface area (TPSA) is 12.4 Å². The van der Waals surface area contributed by atoms with E-state index in [0.29, 0.717) is 0 Å². The zero-order chi connectivity index (χ0) is 14.3. The Bertz CT molecular complexity index is 729. The van der Waals surface area contributed by atoms with Gasteiger partial charge in [-0.25, -0.2) is 0 Å². The number of hydrogen-bond acceptors (Lipinski definition) is 2. The normalized spacial score (nSPS) is 11.2. The van der Waals surface area contributed by atoms with Crippen LogP contribution in [0.3, 0.4) is 0 Å². The second kappa shape index (κ2) is 7.09. The van der Waals surface area contributed by atoms with Crippen LogP contribution in [0.25, 0.3) is 10.8 Å². The molecule has 2 heteroatoms. The minimum atomic E-state index is 0.836. The fourth-order valence-electron chi connectivity index (χ4n) is 2.26. The molecule has 0 radical (unpaired) electrons. The second-order valence-electron chi connectivity index (χ2n) is 4.77. The summed E-state index contributed by atoms with van der Waals surface area (Å²) in [5, 5.41) is 2.53. The van der Waals surface area contributed by atoms with E-state index in [1.807, 2.05) is 24.0 Å². The smallest absolute Gasteiger partial charge is 0.0483 e. The zero-order valence-corrected chi connectivity index (χ0v) is 12.6. The van der Waals surface area contributed by atoms with Gasteiger partial charge >= 0.3 is 0 Å². The van der Waals surface area contributed by atoms with Crippen molar-refractivity contribution < 1.29 is 0 Å². The first kappa shape index (κ1) is 13.9. The van der Waals surface area contributed by atoms with Crippen molar-refractivity contribution in [2.24, 2.45) is 4.99 Å².